The summed E-state index contributed by atoms with van der Waals surface area (Å²) in [6.45, 7) is 2.47. The summed E-state index contributed by atoms with van der Waals surface area (Å²) in [6, 6.07) is 15.5. The van der Waals surface area contributed by atoms with E-state index in [0.29, 0.717) is 35.3 Å². The number of anilines is 1. The van der Waals surface area contributed by atoms with Crippen molar-refractivity contribution in [2.45, 2.75) is 13.3 Å². The first-order chi connectivity index (χ1) is 15.1. The third kappa shape index (κ3) is 5.10. The SMILES string of the molecule is Cc1occc1C(=O)Nc1nc(CC(=O)NCCOc2cccc3ccccc23)cs1. The highest BCUT2D eigenvalue weighted by Gasteiger charge is 2.14. The summed E-state index contributed by atoms with van der Waals surface area (Å²) in [5, 5.41) is 9.89. The van der Waals surface area contributed by atoms with Gasteiger partial charge in [-0.1, -0.05) is 36.4 Å². The molecule has 2 amide bonds. The van der Waals surface area contributed by atoms with Crippen LogP contribution in [-0.2, 0) is 11.2 Å². The summed E-state index contributed by atoms with van der Waals surface area (Å²) >= 11 is 1.27. The minimum Gasteiger partial charge on any atom is -0.491 e. The maximum absolute atomic E-state index is 12.2. The maximum Gasteiger partial charge on any atom is 0.260 e. The van der Waals surface area contributed by atoms with Crippen molar-refractivity contribution in [1.29, 1.82) is 0 Å². The van der Waals surface area contributed by atoms with E-state index in [-0.39, 0.29) is 18.2 Å². The molecule has 0 aliphatic rings. The Morgan fingerprint density at radius 1 is 1.13 bits per heavy atom. The number of thiazole rings is 1. The minimum atomic E-state index is -0.290. The van der Waals surface area contributed by atoms with Gasteiger partial charge in [0.1, 0.15) is 18.1 Å². The second-order valence-electron chi connectivity index (χ2n) is 6.84. The number of benzene rings is 2. The summed E-state index contributed by atoms with van der Waals surface area (Å²) in [6.07, 6.45) is 1.59. The summed E-state index contributed by atoms with van der Waals surface area (Å²) < 4.78 is 11.0. The van der Waals surface area contributed by atoms with Crippen LogP contribution in [0, 0.1) is 6.92 Å². The number of nitrogens with zero attached hydrogens (tertiary/aromatic N) is 1. The predicted octanol–water partition coefficient (Wildman–Crippen LogP) is 4.19. The molecule has 0 unspecified atom stereocenters. The Morgan fingerprint density at radius 2 is 1.97 bits per heavy atom. The van der Waals surface area contributed by atoms with Crippen molar-refractivity contribution in [3.8, 4) is 5.75 Å². The Kier molecular flexibility index (Phi) is 6.28. The van der Waals surface area contributed by atoms with Gasteiger partial charge in [-0.3, -0.25) is 14.9 Å². The van der Waals surface area contributed by atoms with Gasteiger partial charge in [0, 0.05) is 10.8 Å². The zero-order chi connectivity index (χ0) is 21.6. The van der Waals surface area contributed by atoms with Crippen molar-refractivity contribution in [2.75, 3.05) is 18.5 Å². The number of fused-ring (bicyclic) bond motifs is 1. The van der Waals surface area contributed by atoms with Gasteiger partial charge in [-0.05, 0) is 24.4 Å². The number of hydrogen-bond acceptors (Lipinski definition) is 6. The first-order valence-corrected chi connectivity index (χ1v) is 10.7. The lowest BCUT2D eigenvalue weighted by molar-refractivity contribution is -0.120. The molecule has 0 spiro atoms. The average molecular weight is 436 g/mol. The minimum absolute atomic E-state index is 0.130. The van der Waals surface area contributed by atoms with Crippen LogP contribution in [0.3, 0.4) is 0 Å². The smallest absolute Gasteiger partial charge is 0.260 e. The van der Waals surface area contributed by atoms with E-state index in [4.69, 9.17) is 9.15 Å². The van der Waals surface area contributed by atoms with Crippen molar-refractivity contribution < 1.29 is 18.7 Å². The molecule has 31 heavy (non-hydrogen) atoms. The largest absolute Gasteiger partial charge is 0.491 e. The van der Waals surface area contributed by atoms with E-state index in [1.165, 1.54) is 17.6 Å². The number of hydrogen-bond donors (Lipinski definition) is 2. The van der Waals surface area contributed by atoms with Gasteiger partial charge < -0.3 is 14.5 Å². The molecule has 8 heteroatoms. The van der Waals surface area contributed by atoms with E-state index in [9.17, 15) is 9.59 Å². The molecule has 2 heterocycles. The topological polar surface area (TPSA) is 93.5 Å². The number of furan rings is 1. The zero-order valence-corrected chi connectivity index (χ0v) is 17.7. The van der Waals surface area contributed by atoms with Gasteiger partial charge in [-0.2, -0.15) is 0 Å². The molecule has 0 atom stereocenters. The number of ether oxygens (including phenoxy) is 1. The molecule has 0 aliphatic heterocycles. The third-order valence-electron chi connectivity index (χ3n) is 4.65. The molecular formula is C23H21N3O4S. The van der Waals surface area contributed by atoms with Gasteiger partial charge in [-0.25, -0.2) is 4.98 Å². The Bertz CT molecular complexity index is 1210. The highest BCUT2D eigenvalue weighted by atomic mass is 32.1. The molecule has 0 bridgehead atoms. The number of rotatable bonds is 8. The normalized spacial score (nSPS) is 10.7. The quantitative estimate of drug-likeness (QED) is 0.405. The highest BCUT2D eigenvalue weighted by Crippen LogP contribution is 2.25. The summed E-state index contributed by atoms with van der Waals surface area (Å²) in [5.74, 6) is 0.886. The fourth-order valence-electron chi connectivity index (χ4n) is 3.13. The van der Waals surface area contributed by atoms with E-state index in [1.54, 1.807) is 18.4 Å². The second kappa shape index (κ2) is 9.44. The molecule has 2 N–H and O–H groups in total. The Balaban J connectivity index is 1.23. The van der Waals surface area contributed by atoms with Crippen LogP contribution in [0.1, 0.15) is 21.8 Å². The third-order valence-corrected chi connectivity index (χ3v) is 5.46. The van der Waals surface area contributed by atoms with E-state index >= 15 is 0 Å². The van der Waals surface area contributed by atoms with Crippen molar-refractivity contribution in [3.63, 3.8) is 0 Å². The molecular weight excluding hydrogens is 414 g/mol. The predicted molar refractivity (Wildman–Crippen MR) is 120 cm³/mol. The van der Waals surface area contributed by atoms with Gasteiger partial charge in [0.25, 0.3) is 5.91 Å². The lowest BCUT2D eigenvalue weighted by Crippen LogP contribution is -2.29. The molecule has 2 aromatic carbocycles. The molecule has 0 aliphatic carbocycles. The fraction of sp³-hybridized carbons (Fsp3) is 0.174. The number of aryl methyl sites for hydroxylation is 1. The van der Waals surface area contributed by atoms with Crippen molar-refractivity contribution >= 4 is 39.1 Å². The molecule has 0 saturated carbocycles. The van der Waals surface area contributed by atoms with Crippen LogP contribution >= 0.6 is 11.3 Å². The van der Waals surface area contributed by atoms with Crippen LogP contribution in [-0.4, -0.2) is 29.9 Å². The number of carbonyl (C=O) groups excluding carboxylic acids is 2. The Hall–Kier alpha value is -3.65. The van der Waals surface area contributed by atoms with Crippen LogP contribution in [0.25, 0.3) is 10.8 Å². The van der Waals surface area contributed by atoms with Gasteiger partial charge in [0.05, 0.1) is 30.5 Å². The van der Waals surface area contributed by atoms with E-state index in [1.807, 2.05) is 42.5 Å². The Labute approximate surface area is 183 Å². The maximum atomic E-state index is 12.2. The lowest BCUT2D eigenvalue weighted by atomic mass is 10.1. The van der Waals surface area contributed by atoms with Crippen molar-refractivity contribution in [1.82, 2.24) is 10.3 Å². The van der Waals surface area contributed by atoms with E-state index < -0.39 is 0 Å². The second-order valence-corrected chi connectivity index (χ2v) is 7.70. The van der Waals surface area contributed by atoms with Crippen molar-refractivity contribution in [2.24, 2.45) is 0 Å². The highest BCUT2D eigenvalue weighted by molar-refractivity contribution is 7.14. The average Bonchev–Trinajstić information content (AvgIpc) is 3.39. The van der Waals surface area contributed by atoms with Crippen LogP contribution in [0.2, 0.25) is 0 Å². The molecule has 0 saturated heterocycles. The summed E-state index contributed by atoms with van der Waals surface area (Å²) in [5.41, 5.74) is 1.05. The molecule has 4 aromatic rings. The zero-order valence-electron chi connectivity index (χ0n) is 16.9. The Morgan fingerprint density at radius 3 is 2.81 bits per heavy atom. The summed E-state index contributed by atoms with van der Waals surface area (Å²) in [4.78, 5) is 28.7. The van der Waals surface area contributed by atoms with Crippen LogP contribution in [0.15, 0.2) is 64.6 Å². The standard InChI is InChI=1S/C23H21N3O4S/c1-15-18(9-11-29-15)22(28)26-23-25-17(14-31-23)13-21(27)24-10-12-30-20-8-4-6-16-5-2-3-7-19(16)20/h2-9,11,14H,10,12-13H2,1H3,(H,24,27)(H,25,26,28). The van der Waals surface area contributed by atoms with Crippen LogP contribution in [0.4, 0.5) is 5.13 Å². The number of amides is 2. The van der Waals surface area contributed by atoms with Crippen molar-refractivity contribution in [3.05, 3.63) is 77.2 Å². The van der Waals surface area contributed by atoms with E-state index in [2.05, 4.69) is 15.6 Å². The first-order valence-electron chi connectivity index (χ1n) is 9.77. The van der Waals surface area contributed by atoms with E-state index in [0.717, 1.165) is 16.5 Å². The molecule has 7 nitrogen and oxygen atoms in total. The first kappa shape index (κ1) is 20.6. The molecule has 0 radical (unpaired) electrons. The molecule has 4 rings (SSSR count). The molecule has 158 valence electrons. The molecule has 2 aromatic heterocycles. The lowest BCUT2D eigenvalue weighted by Gasteiger charge is -2.10. The van der Waals surface area contributed by atoms with Gasteiger partial charge in [0.2, 0.25) is 5.91 Å². The van der Waals surface area contributed by atoms with Crippen LogP contribution < -0.4 is 15.4 Å². The van der Waals surface area contributed by atoms with Gasteiger partial charge in [0.15, 0.2) is 5.13 Å². The summed E-state index contributed by atoms with van der Waals surface area (Å²) in [7, 11) is 0. The fourth-order valence-corrected chi connectivity index (χ4v) is 3.84. The molecule has 0 fully saturated rings. The number of aromatic nitrogens is 1. The van der Waals surface area contributed by atoms with Crippen LogP contribution in [0.5, 0.6) is 5.75 Å². The number of carbonyl (C=O) groups is 2. The number of nitrogens with one attached hydrogen (secondary N) is 2. The van der Waals surface area contributed by atoms with Gasteiger partial charge >= 0.3 is 0 Å². The van der Waals surface area contributed by atoms with Gasteiger partial charge in [-0.15, -0.1) is 11.3 Å². The monoisotopic (exact) mass is 435 g/mol.